The molecule has 6 rings (SSSR count). The van der Waals surface area contributed by atoms with E-state index in [9.17, 15) is 14.7 Å². The summed E-state index contributed by atoms with van der Waals surface area (Å²) in [7, 11) is 1.65. The van der Waals surface area contributed by atoms with Crippen LogP contribution in [0.3, 0.4) is 0 Å². The van der Waals surface area contributed by atoms with Crippen molar-refractivity contribution in [3.05, 3.63) is 65.1 Å². The number of allylic oxidation sites excluding steroid dienone is 1. The van der Waals surface area contributed by atoms with Crippen LogP contribution in [-0.2, 0) is 6.42 Å². The number of methoxy groups -OCH3 is 1. The molecule has 2 N–H and O–H groups in total. The molecule has 0 saturated carbocycles. The third-order valence-electron chi connectivity index (χ3n) is 8.65. The molecule has 10 heteroatoms. The molecule has 1 unspecified atom stereocenters. The van der Waals surface area contributed by atoms with E-state index >= 15 is 0 Å². The predicted octanol–water partition coefficient (Wildman–Crippen LogP) is 3.26. The number of urea groups is 1. The van der Waals surface area contributed by atoms with Crippen molar-refractivity contribution in [3.63, 3.8) is 0 Å². The van der Waals surface area contributed by atoms with Crippen LogP contribution in [0.15, 0.2) is 53.9 Å². The lowest BCUT2D eigenvalue weighted by Crippen LogP contribution is -2.49. The SMILES string of the molecule is COc1ccc2c(c1)CCN(C1CCN(c3cc(C(=O)N4CC5=C(CCC=C5)C(CO)C4)ncn3)CC1)C(=O)N2. The maximum absolute atomic E-state index is 13.5. The number of nitrogens with one attached hydrogen (secondary N) is 1. The lowest BCUT2D eigenvalue weighted by molar-refractivity contribution is 0.0708. The summed E-state index contributed by atoms with van der Waals surface area (Å²) in [5.41, 5.74) is 4.71. The molecule has 3 amide bonds. The average Bonchev–Trinajstić information content (AvgIpc) is 3.17. The molecule has 10 nitrogen and oxygen atoms in total. The zero-order valence-corrected chi connectivity index (χ0v) is 22.9. The van der Waals surface area contributed by atoms with Crippen LogP contribution < -0.4 is 15.0 Å². The highest BCUT2D eigenvalue weighted by Crippen LogP contribution is 2.32. The molecule has 1 atom stereocenters. The molecular formula is C30H36N6O4. The van der Waals surface area contributed by atoms with E-state index in [1.165, 1.54) is 11.9 Å². The molecule has 1 fully saturated rings. The number of nitrogens with zero attached hydrogens (tertiary/aromatic N) is 5. The van der Waals surface area contributed by atoms with Gasteiger partial charge in [0.25, 0.3) is 5.91 Å². The van der Waals surface area contributed by atoms with E-state index in [0.29, 0.717) is 25.3 Å². The van der Waals surface area contributed by atoms with Crippen molar-refractivity contribution in [2.45, 2.75) is 38.1 Å². The first-order valence-electron chi connectivity index (χ1n) is 14.1. The van der Waals surface area contributed by atoms with Gasteiger partial charge in [-0.1, -0.05) is 17.7 Å². The molecule has 4 aliphatic rings. The highest BCUT2D eigenvalue weighted by Gasteiger charge is 2.33. The number of hydrogen-bond acceptors (Lipinski definition) is 7. The van der Waals surface area contributed by atoms with Gasteiger partial charge < -0.3 is 29.9 Å². The van der Waals surface area contributed by atoms with E-state index in [0.717, 1.165) is 73.6 Å². The summed E-state index contributed by atoms with van der Waals surface area (Å²) in [6.07, 6.45) is 10.0. The second-order valence-electron chi connectivity index (χ2n) is 10.9. The maximum Gasteiger partial charge on any atom is 0.322 e. The fourth-order valence-corrected chi connectivity index (χ4v) is 6.43. The summed E-state index contributed by atoms with van der Waals surface area (Å²) < 4.78 is 5.35. The first-order chi connectivity index (χ1) is 19.5. The van der Waals surface area contributed by atoms with Crippen LogP contribution in [0.2, 0.25) is 0 Å². The average molecular weight is 545 g/mol. The van der Waals surface area contributed by atoms with Crippen molar-refractivity contribution >= 4 is 23.4 Å². The Bertz CT molecular complexity index is 1350. The van der Waals surface area contributed by atoms with Crippen LogP contribution in [0, 0.1) is 5.92 Å². The molecule has 40 heavy (non-hydrogen) atoms. The number of aromatic nitrogens is 2. The first kappa shape index (κ1) is 26.3. The van der Waals surface area contributed by atoms with Gasteiger partial charge in [-0.3, -0.25) is 4.79 Å². The van der Waals surface area contributed by atoms with Crippen LogP contribution >= 0.6 is 0 Å². The summed E-state index contributed by atoms with van der Waals surface area (Å²) in [6, 6.07) is 7.61. The Morgan fingerprint density at radius 1 is 1.15 bits per heavy atom. The van der Waals surface area contributed by atoms with Crippen molar-refractivity contribution in [2.75, 3.05) is 56.7 Å². The van der Waals surface area contributed by atoms with E-state index in [-0.39, 0.29) is 30.5 Å². The Hall–Kier alpha value is -3.92. The number of benzene rings is 1. The molecule has 1 saturated heterocycles. The van der Waals surface area contributed by atoms with Crippen LogP contribution in [0.5, 0.6) is 5.75 Å². The number of aliphatic hydroxyl groups excluding tert-OH is 1. The number of ether oxygens (including phenoxy) is 1. The highest BCUT2D eigenvalue weighted by molar-refractivity contribution is 5.93. The fraction of sp³-hybridized carbons (Fsp3) is 0.467. The van der Waals surface area contributed by atoms with Crippen molar-refractivity contribution in [1.82, 2.24) is 19.8 Å². The van der Waals surface area contributed by atoms with Gasteiger partial charge in [0, 0.05) is 56.4 Å². The van der Waals surface area contributed by atoms with Gasteiger partial charge in [-0.05, 0) is 61.4 Å². The molecule has 210 valence electrons. The number of fused-ring (bicyclic) bond motifs is 1. The second kappa shape index (κ2) is 11.3. The van der Waals surface area contributed by atoms with Gasteiger partial charge in [-0.15, -0.1) is 0 Å². The summed E-state index contributed by atoms with van der Waals surface area (Å²) in [6.45, 7) is 3.20. The zero-order chi connectivity index (χ0) is 27.6. The quantitative estimate of drug-likeness (QED) is 0.595. The van der Waals surface area contributed by atoms with Crippen LogP contribution in [0.4, 0.5) is 16.3 Å². The molecule has 0 bridgehead atoms. The summed E-state index contributed by atoms with van der Waals surface area (Å²) in [5, 5.41) is 13.0. The molecule has 0 spiro atoms. The van der Waals surface area contributed by atoms with Gasteiger partial charge in [-0.2, -0.15) is 0 Å². The lowest BCUT2D eigenvalue weighted by atomic mass is 9.84. The third kappa shape index (κ3) is 5.15. The smallest absolute Gasteiger partial charge is 0.322 e. The number of piperidine rings is 1. The molecule has 2 aromatic rings. The number of rotatable bonds is 5. The fourth-order valence-electron chi connectivity index (χ4n) is 6.43. The Labute approximate surface area is 234 Å². The molecular weight excluding hydrogens is 508 g/mol. The Kier molecular flexibility index (Phi) is 7.42. The van der Waals surface area contributed by atoms with Crippen LogP contribution in [0.25, 0.3) is 0 Å². The van der Waals surface area contributed by atoms with E-state index in [4.69, 9.17) is 4.74 Å². The van der Waals surface area contributed by atoms with Crippen molar-refractivity contribution in [3.8, 4) is 5.75 Å². The summed E-state index contributed by atoms with van der Waals surface area (Å²) in [4.78, 5) is 41.2. The first-order valence-corrected chi connectivity index (χ1v) is 14.1. The number of carbonyl (C=O) groups excluding carboxylic acids is 2. The Morgan fingerprint density at radius 3 is 2.80 bits per heavy atom. The molecule has 0 radical (unpaired) electrons. The molecule has 3 aliphatic heterocycles. The van der Waals surface area contributed by atoms with Crippen molar-refractivity contribution in [1.29, 1.82) is 0 Å². The van der Waals surface area contributed by atoms with E-state index < -0.39 is 0 Å². The van der Waals surface area contributed by atoms with Crippen molar-refractivity contribution < 1.29 is 19.4 Å². The van der Waals surface area contributed by atoms with E-state index in [2.05, 4.69) is 32.3 Å². The van der Waals surface area contributed by atoms with Gasteiger partial charge in [0.15, 0.2) is 0 Å². The second-order valence-corrected chi connectivity index (χ2v) is 10.9. The minimum absolute atomic E-state index is 0.0241. The Balaban J connectivity index is 1.09. The van der Waals surface area contributed by atoms with Gasteiger partial charge in [-0.25, -0.2) is 14.8 Å². The van der Waals surface area contributed by atoms with E-state index in [1.54, 1.807) is 18.1 Å². The normalized spacial score (nSPS) is 21.5. The largest absolute Gasteiger partial charge is 0.497 e. The number of hydrogen-bond donors (Lipinski definition) is 2. The molecule has 1 aromatic carbocycles. The van der Waals surface area contributed by atoms with Crippen molar-refractivity contribution in [2.24, 2.45) is 5.92 Å². The lowest BCUT2D eigenvalue weighted by Gasteiger charge is -2.38. The van der Waals surface area contributed by atoms with Gasteiger partial charge >= 0.3 is 6.03 Å². The van der Waals surface area contributed by atoms with E-state index in [1.807, 2.05) is 23.1 Å². The topological polar surface area (TPSA) is 111 Å². The molecule has 4 heterocycles. The zero-order valence-electron chi connectivity index (χ0n) is 22.9. The number of anilines is 2. The van der Waals surface area contributed by atoms with Crippen LogP contribution in [-0.4, -0.2) is 89.3 Å². The maximum atomic E-state index is 13.5. The number of carbonyl (C=O) groups is 2. The summed E-state index contributed by atoms with van der Waals surface area (Å²) >= 11 is 0. The number of aliphatic hydroxyl groups is 1. The Morgan fingerprint density at radius 2 is 2.00 bits per heavy atom. The van der Waals surface area contributed by atoms with Gasteiger partial charge in [0.2, 0.25) is 0 Å². The van der Waals surface area contributed by atoms with Gasteiger partial charge in [0.05, 0.1) is 13.7 Å². The molecule has 1 aliphatic carbocycles. The number of amides is 3. The van der Waals surface area contributed by atoms with Crippen LogP contribution in [0.1, 0.15) is 41.7 Å². The monoisotopic (exact) mass is 544 g/mol. The third-order valence-corrected chi connectivity index (χ3v) is 8.65. The molecule has 1 aromatic heterocycles. The highest BCUT2D eigenvalue weighted by atomic mass is 16.5. The predicted molar refractivity (Wildman–Crippen MR) is 152 cm³/mol. The minimum atomic E-state index is -0.139. The standard InChI is InChI=1S/C30H36N6O4/c1-40-24-6-7-26-20(14-24)8-13-36(30(39)33-26)23-9-11-34(12-10-23)28-15-27(31-19-32-28)29(38)35-16-21-4-2-3-5-25(21)22(17-35)18-37/h2,4,6-7,14-15,19,22-23,37H,3,5,8-13,16-18H2,1H3,(H,33,39). The minimum Gasteiger partial charge on any atom is -0.497 e. The summed E-state index contributed by atoms with van der Waals surface area (Å²) in [5.74, 6) is 1.35. The van der Waals surface area contributed by atoms with Gasteiger partial charge in [0.1, 0.15) is 23.6 Å².